The molecule has 9 heavy (non-hydrogen) atoms. The molecule has 0 saturated carbocycles. The second-order valence-corrected chi connectivity index (χ2v) is 1.85. The molecule has 0 fully saturated rings. The molecule has 0 heterocycles. The van der Waals surface area contributed by atoms with E-state index in [2.05, 4.69) is 0 Å². The van der Waals surface area contributed by atoms with Crippen molar-refractivity contribution in [2.75, 3.05) is 0 Å². The van der Waals surface area contributed by atoms with Crippen molar-refractivity contribution in [1.82, 2.24) is 0 Å². The van der Waals surface area contributed by atoms with Crippen molar-refractivity contribution in [1.29, 1.82) is 0 Å². The molecule has 0 radical (unpaired) electrons. The van der Waals surface area contributed by atoms with Gasteiger partial charge in [-0.3, -0.25) is 6.29 Å². The Kier molecular flexibility index (Phi) is 28.3. The van der Waals surface area contributed by atoms with E-state index in [4.69, 9.17) is 0 Å². The molecule has 54 valence electrons. The van der Waals surface area contributed by atoms with Crippen LogP contribution in [-0.4, -0.2) is 6.29 Å². The molecule has 0 atom stereocenters. The van der Waals surface area contributed by atoms with Crippen molar-refractivity contribution < 1.29 is 25.9 Å². The fourth-order valence-electron chi connectivity index (χ4n) is 0. The summed E-state index contributed by atoms with van der Waals surface area (Å²) in [5.41, 5.74) is 0. The van der Waals surface area contributed by atoms with Gasteiger partial charge in [0.2, 0.25) is 0 Å². The molecular weight excluding hydrogens is 284 g/mol. The fourth-order valence-corrected chi connectivity index (χ4v) is 0. The van der Waals surface area contributed by atoms with Gasteiger partial charge in [0, 0.05) is 0 Å². The summed E-state index contributed by atoms with van der Waals surface area (Å²) in [5, 5.41) is 0. The molecule has 0 aromatic rings. The summed E-state index contributed by atoms with van der Waals surface area (Å²) in [5.74, 6) is 0.0787. The van der Waals surface area contributed by atoms with E-state index in [0.717, 1.165) is 0 Å². The maximum Gasteiger partial charge on any atom is 2.00 e. The Hall–Kier alpha value is 0.358. The van der Waals surface area contributed by atoms with Crippen LogP contribution in [0.15, 0.2) is 0 Å². The van der Waals surface area contributed by atoms with Gasteiger partial charge in [-0.1, -0.05) is 13.8 Å². The van der Waals surface area contributed by atoms with Gasteiger partial charge >= 0.3 is 21.1 Å². The zero-order valence-corrected chi connectivity index (χ0v) is 9.40. The average molecular weight is 298 g/mol. The van der Waals surface area contributed by atoms with Crippen LogP contribution in [0.2, 0.25) is 0 Å². The van der Waals surface area contributed by atoms with Crippen LogP contribution in [0.3, 0.4) is 0 Å². The summed E-state index contributed by atoms with van der Waals surface area (Å²) < 4.78 is 0. The van der Waals surface area contributed by atoms with E-state index in [1.807, 2.05) is 20.3 Å². The summed E-state index contributed by atoms with van der Waals surface area (Å²) in [6.45, 7) is 7.60. The molecule has 0 saturated heterocycles. The predicted molar refractivity (Wildman–Crippen MR) is 36.2 cm³/mol. The van der Waals surface area contributed by atoms with Crippen molar-refractivity contribution in [2.45, 2.75) is 27.7 Å². The summed E-state index contributed by atoms with van der Waals surface area (Å²) in [7, 11) is 0. The standard InChI is InChI=1S/C4H7O.C3H7.W/c1-4(2)3-5;1-3-2;/h4H,1-2H3;3H,1-2H3;/q2*-1;+2. The monoisotopic (exact) mass is 298 g/mol. The number of hydrogen-bond acceptors (Lipinski definition) is 1. The maximum absolute atomic E-state index is 9.38. The molecule has 0 amide bonds. The zero-order chi connectivity index (χ0) is 6.99. The molecule has 0 rings (SSSR count). The van der Waals surface area contributed by atoms with E-state index in [9.17, 15) is 4.79 Å². The molecule has 2 heteroatoms. The van der Waals surface area contributed by atoms with Crippen LogP contribution >= 0.6 is 0 Å². The topological polar surface area (TPSA) is 17.1 Å². The van der Waals surface area contributed by atoms with E-state index in [1.54, 1.807) is 20.1 Å². The van der Waals surface area contributed by atoms with Crippen molar-refractivity contribution in [2.24, 2.45) is 5.92 Å². The van der Waals surface area contributed by atoms with E-state index in [-0.39, 0.29) is 27.0 Å². The Morgan fingerprint density at radius 1 is 1.33 bits per heavy atom. The van der Waals surface area contributed by atoms with Gasteiger partial charge < -0.3 is 11.2 Å². The average Bonchev–Trinajstić information content (AvgIpc) is 1.69. The quantitative estimate of drug-likeness (QED) is 0.677. The van der Waals surface area contributed by atoms with Crippen molar-refractivity contribution in [3.05, 3.63) is 6.42 Å². The van der Waals surface area contributed by atoms with Crippen LogP contribution < -0.4 is 0 Å². The molecule has 0 aromatic carbocycles. The van der Waals surface area contributed by atoms with Crippen molar-refractivity contribution in [3.63, 3.8) is 0 Å². The van der Waals surface area contributed by atoms with Crippen molar-refractivity contribution in [3.8, 4) is 0 Å². The Bertz CT molecular complexity index is 44.2. The van der Waals surface area contributed by atoms with Crippen LogP contribution in [0.1, 0.15) is 27.7 Å². The molecule has 0 spiro atoms. The summed E-state index contributed by atoms with van der Waals surface area (Å²) in [6, 6.07) is 0. The second kappa shape index (κ2) is 15.8. The third-order valence-electron chi connectivity index (χ3n) is 0.236. The van der Waals surface area contributed by atoms with E-state index in [0.29, 0.717) is 0 Å². The third kappa shape index (κ3) is 60.8. The number of carbonyl (C=O) groups excluding carboxylic acids is 1. The van der Waals surface area contributed by atoms with Crippen LogP contribution in [0.5, 0.6) is 0 Å². The Labute approximate surface area is 72.5 Å². The van der Waals surface area contributed by atoms with Crippen LogP contribution in [0.25, 0.3) is 0 Å². The van der Waals surface area contributed by atoms with Gasteiger partial charge in [-0.05, 0) is 0 Å². The third-order valence-corrected chi connectivity index (χ3v) is 0.236. The van der Waals surface area contributed by atoms with Gasteiger partial charge in [0.1, 0.15) is 0 Å². The smallest absolute Gasteiger partial charge is 0.542 e. The molecule has 1 nitrogen and oxygen atoms in total. The number of hydrogen-bond donors (Lipinski definition) is 0. The maximum atomic E-state index is 9.38. The Morgan fingerprint density at radius 3 is 1.44 bits per heavy atom. The van der Waals surface area contributed by atoms with Gasteiger partial charge in [-0.15, -0.1) is 5.92 Å². The zero-order valence-electron chi connectivity index (χ0n) is 6.47. The van der Waals surface area contributed by atoms with Crippen LogP contribution in [0, 0.1) is 12.3 Å². The minimum atomic E-state index is 0. The first-order valence-corrected chi connectivity index (χ1v) is 2.80. The van der Waals surface area contributed by atoms with Gasteiger partial charge in [-0.25, -0.2) is 0 Å². The summed E-state index contributed by atoms with van der Waals surface area (Å²) in [4.78, 5) is 9.38. The largest absolute Gasteiger partial charge is 2.00 e. The summed E-state index contributed by atoms with van der Waals surface area (Å²) in [6.07, 6.45) is 3.78. The van der Waals surface area contributed by atoms with Crippen LogP contribution in [0.4, 0.5) is 0 Å². The van der Waals surface area contributed by atoms with Gasteiger partial charge in [0.25, 0.3) is 0 Å². The minimum Gasteiger partial charge on any atom is -0.542 e. The number of rotatable bonds is 1. The molecular formula is C7H14OW. The first-order chi connectivity index (χ1) is 3.68. The molecule has 0 aliphatic heterocycles. The molecule has 0 unspecified atom stereocenters. The first kappa shape index (κ1) is 16.2. The van der Waals surface area contributed by atoms with Gasteiger partial charge in [0.15, 0.2) is 0 Å². The van der Waals surface area contributed by atoms with Gasteiger partial charge in [0.05, 0.1) is 0 Å². The van der Waals surface area contributed by atoms with E-state index >= 15 is 0 Å². The molecule has 0 aliphatic rings. The summed E-state index contributed by atoms with van der Waals surface area (Å²) >= 11 is 0. The van der Waals surface area contributed by atoms with E-state index in [1.165, 1.54) is 0 Å². The Balaban J connectivity index is -0.0000000800. The first-order valence-electron chi connectivity index (χ1n) is 2.80. The normalized spacial score (nSPS) is 6.78. The van der Waals surface area contributed by atoms with E-state index < -0.39 is 0 Å². The molecule has 0 N–H and O–H groups in total. The van der Waals surface area contributed by atoms with Crippen molar-refractivity contribution >= 4 is 6.29 Å². The molecule has 0 aliphatic carbocycles. The molecule has 0 bridgehead atoms. The molecule has 0 aromatic heterocycles. The fraction of sp³-hybridized carbons (Fsp3) is 0.714. The predicted octanol–water partition coefficient (Wildman–Crippen LogP) is 1.98. The second-order valence-electron chi connectivity index (χ2n) is 1.85. The SMILES string of the molecule is CC(C)[C-]=O.C[CH-]C.[W+2]. The Morgan fingerprint density at radius 2 is 1.44 bits per heavy atom. The van der Waals surface area contributed by atoms with Gasteiger partial charge in [-0.2, -0.15) is 13.8 Å². The minimum absolute atomic E-state index is 0. The van der Waals surface area contributed by atoms with Crippen LogP contribution in [-0.2, 0) is 25.9 Å².